The molecular weight excluding hydrogens is 392 g/mol. The van der Waals surface area contributed by atoms with Crippen LogP contribution in [-0.4, -0.2) is 21.0 Å². The molecule has 2 N–H and O–H groups in total. The molecule has 0 aliphatic heterocycles. The first-order valence-electron chi connectivity index (χ1n) is 8.67. The highest BCUT2D eigenvalue weighted by atomic mass is 35.5. The SMILES string of the molecule is C[C@]1(O)CC[C@@](F)(C(=O)CCc2c(Cl)cc(Cl)cc2CO)c2cccnc21. The van der Waals surface area contributed by atoms with Crippen molar-refractivity contribution < 1.29 is 19.4 Å². The number of ketones is 1. The van der Waals surface area contributed by atoms with Gasteiger partial charge in [-0.1, -0.05) is 29.3 Å². The number of nitrogens with zero attached hydrogens (tertiary/aromatic N) is 1. The van der Waals surface area contributed by atoms with Crippen LogP contribution < -0.4 is 0 Å². The number of carbonyl (C=O) groups is 1. The Labute approximate surface area is 167 Å². The summed E-state index contributed by atoms with van der Waals surface area (Å²) in [5.41, 5.74) is -2.06. The van der Waals surface area contributed by atoms with E-state index < -0.39 is 17.1 Å². The molecule has 3 rings (SSSR count). The van der Waals surface area contributed by atoms with Crippen molar-refractivity contribution in [1.82, 2.24) is 4.98 Å². The molecule has 2 atom stereocenters. The Balaban J connectivity index is 1.87. The number of fused-ring (bicyclic) bond motifs is 1. The predicted octanol–water partition coefficient (Wildman–Crippen LogP) is 4.25. The number of benzene rings is 1. The number of hydrogen-bond donors (Lipinski definition) is 2. The number of alkyl halides is 1. The number of rotatable bonds is 5. The molecule has 144 valence electrons. The largest absolute Gasteiger partial charge is 0.392 e. The van der Waals surface area contributed by atoms with Crippen molar-refractivity contribution in [2.45, 2.75) is 50.5 Å². The summed E-state index contributed by atoms with van der Waals surface area (Å²) in [5, 5.41) is 20.7. The van der Waals surface area contributed by atoms with Gasteiger partial charge in [-0.3, -0.25) is 9.78 Å². The monoisotopic (exact) mass is 411 g/mol. The molecule has 1 aliphatic rings. The van der Waals surface area contributed by atoms with Gasteiger partial charge in [-0.15, -0.1) is 0 Å². The maximum absolute atomic E-state index is 15.7. The summed E-state index contributed by atoms with van der Waals surface area (Å²) in [5.74, 6) is -0.595. The van der Waals surface area contributed by atoms with Crippen molar-refractivity contribution in [3.63, 3.8) is 0 Å². The lowest BCUT2D eigenvalue weighted by molar-refractivity contribution is -0.134. The van der Waals surface area contributed by atoms with Crippen LogP contribution in [0.15, 0.2) is 30.5 Å². The molecule has 0 saturated carbocycles. The average molecular weight is 412 g/mol. The maximum atomic E-state index is 15.7. The Morgan fingerprint density at radius 1 is 1.33 bits per heavy atom. The Kier molecular flexibility index (Phi) is 5.59. The highest BCUT2D eigenvalue weighted by molar-refractivity contribution is 6.35. The van der Waals surface area contributed by atoms with Gasteiger partial charge in [-0.25, -0.2) is 4.39 Å². The quantitative estimate of drug-likeness (QED) is 0.771. The fourth-order valence-corrected chi connectivity index (χ4v) is 4.26. The Morgan fingerprint density at radius 3 is 2.78 bits per heavy atom. The zero-order chi connectivity index (χ0) is 19.8. The molecule has 4 nitrogen and oxygen atoms in total. The van der Waals surface area contributed by atoms with Crippen molar-refractivity contribution in [2.24, 2.45) is 0 Å². The van der Waals surface area contributed by atoms with E-state index in [-0.39, 0.29) is 43.5 Å². The molecule has 1 aromatic heterocycles. The highest BCUT2D eigenvalue weighted by Crippen LogP contribution is 2.46. The molecule has 1 heterocycles. The Morgan fingerprint density at radius 2 is 2.07 bits per heavy atom. The number of carbonyl (C=O) groups excluding carboxylic acids is 1. The van der Waals surface area contributed by atoms with Crippen LogP contribution in [0.25, 0.3) is 0 Å². The number of halogens is 3. The number of aromatic nitrogens is 1. The predicted molar refractivity (Wildman–Crippen MR) is 102 cm³/mol. The molecule has 0 unspecified atom stereocenters. The molecule has 0 amide bonds. The van der Waals surface area contributed by atoms with E-state index in [1.807, 2.05) is 0 Å². The number of pyridine rings is 1. The third-order valence-corrected chi connectivity index (χ3v) is 5.72. The smallest absolute Gasteiger partial charge is 0.195 e. The van der Waals surface area contributed by atoms with Crippen LogP contribution in [0.3, 0.4) is 0 Å². The summed E-state index contributed by atoms with van der Waals surface area (Å²) in [7, 11) is 0. The summed E-state index contributed by atoms with van der Waals surface area (Å²) >= 11 is 12.1. The second-order valence-electron chi connectivity index (χ2n) is 7.08. The van der Waals surface area contributed by atoms with E-state index >= 15 is 4.39 Å². The van der Waals surface area contributed by atoms with E-state index in [2.05, 4.69) is 4.98 Å². The summed E-state index contributed by atoms with van der Waals surface area (Å²) in [6.07, 6.45) is 1.55. The number of aliphatic hydroxyl groups excluding tert-OH is 1. The normalized spacial score (nSPS) is 24.5. The minimum atomic E-state index is -2.20. The van der Waals surface area contributed by atoms with Crippen molar-refractivity contribution in [3.8, 4) is 0 Å². The van der Waals surface area contributed by atoms with Gasteiger partial charge >= 0.3 is 0 Å². The van der Waals surface area contributed by atoms with Gasteiger partial charge in [0.15, 0.2) is 11.5 Å². The fraction of sp³-hybridized carbons (Fsp3) is 0.400. The van der Waals surface area contributed by atoms with Gasteiger partial charge in [0.1, 0.15) is 5.60 Å². The third kappa shape index (κ3) is 3.74. The lowest BCUT2D eigenvalue weighted by Crippen LogP contribution is -2.42. The van der Waals surface area contributed by atoms with Crippen molar-refractivity contribution in [1.29, 1.82) is 0 Å². The fourth-order valence-electron chi connectivity index (χ4n) is 3.63. The molecule has 2 aromatic rings. The van der Waals surface area contributed by atoms with E-state index in [0.29, 0.717) is 21.2 Å². The van der Waals surface area contributed by atoms with Crippen LogP contribution in [0.4, 0.5) is 4.39 Å². The van der Waals surface area contributed by atoms with Gasteiger partial charge in [-0.2, -0.15) is 0 Å². The number of aliphatic hydroxyl groups is 2. The Hall–Kier alpha value is -1.53. The van der Waals surface area contributed by atoms with E-state index in [1.165, 1.54) is 18.3 Å². The summed E-state index contributed by atoms with van der Waals surface area (Å²) in [4.78, 5) is 16.9. The topological polar surface area (TPSA) is 70.4 Å². The molecule has 1 aliphatic carbocycles. The second kappa shape index (κ2) is 7.47. The lowest BCUT2D eigenvalue weighted by Gasteiger charge is -2.37. The van der Waals surface area contributed by atoms with Crippen LogP contribution in [0, 0.1) is 0 Å². The third-order valence-electron chi connectivity index (χ3n) is 5.17. The van der Waals surface area contributed by atoms with Crippen molar-refractivity contribution >= 4 is 29.0 Å². The maximum Gasteiger partial charge on any atom is 0.195 e. The molecule has 1 aromatic carbocycles. The first-order valence-corrected chi connectivity index (χ1v) is 9.43. The molecule has 0 saturated heterocycles. The molecular formula is C20H20Cl2FNO3. The van der Waals surface area contributed by atoms with E-state index in [4.69, 9.17) is 23.2 Å². The molecule has 0 fully saturated rings. The second-order valence-corrected chi connectivity index (χ2v) is 7.92. The van der Waals surface area contributed by atoms with Crippen molar-refractivity contribution in [2.75, 3.05) is 0 Å². The minimum absolute atomic E-state index is 0.0959. The van der Waals surface area contributed by atoms with Crippen LogP contribution in [0.5, 0.6) is 0 Å². The van der Waals surface area contributed by atoms with Crippen molar-refractivity contribution in [3.05, 3.63) is 62.9 Å². The van der Waals surface area contributed by atoms with E-state index in [1.54, 1.807) is 19.1 Å². The average Bonchev–Trinajstić information content (AvgIpc) is 2.63. The van der Waals surface area contributed by atoms with E-state index in [0.717, 1.165) is 0 Å². The zero-order valence-corrected chi connectivity index (χ0v) is 16.3. The minimum Gasteiger partial charge on any atom is -0.392 e. The number of hydrogen-bond acceptors (Lipinski definition) is 4. The molecule has 27 heavy (non-hydrogen) atoms. The van der Waals surface area contributed by atoms with Gasteiger partial charge in [0.25, 0.3) is 0 Å². The zero-order valence-electron chi connectivity index (χ0n) is 14.8. The summed E-state index contributed by atoms with van der Waals surface area (Å²) in [6.45, 7) is 1.30. The molecule has 0 radical (unpaired) electrons. The van der Waals surface area contributed by atoms with Gasteiger partial charge in [-0.05, 0) is 55.5 Å². The van der Waals surface area contributed by atoms with Gasteiger partial charge in [0, 0.05) is 28.2 Å². The Bertz CT molecular complexity index is 888. The van der Waals surface area contributed by atoms with Gasteiger partial charge in [0.2, 0.25) is 0 Å². The standard InChI is InChI=1S/C20H20Cl2FNO3/c1-19(27)6-7-20(23,15-3-2-8-24-18(15)19)17(26)5-4-14-12(11-25)9-13(21)10-16(14)22/h2-3,8-10,25,27H,4-7,11H2,1H3/t19-,20-/m0/s1. The molecule has 0 spiro atoms. The lowest BCUT2D eigenvalue weighted by atomic mass is 9.73. The van der Waals surface area contributed by atoms with E-state index in [9.17, 15) is 15.0 Å². The van der Waals surface area contributed by atoms with Gasteiger partial charge < -0.3 is 10.2 Å². The van der Waals surface area contributed by atoms with Crippen LogP contribution in [0.2, 0.25) is 10.0 Å². The first kappa shape index (κ1) is 20.2. The molecule has 7 heteroatoms. The van der Waals surface area contributed by atoms with Gasteiger partial charge in [0.05, 0.1) is 12.3 Å². The molecule has 0 bridgehead atoms. The van der Waals surface area contributed by atoms with Crippen LogP contribution >= 0.6 is 23.2 Å². The van der Waals surface area contributed by atoms with Crippen LogP contribution in [-0.2, 0) is 29.1 Å². The summed E-state index contributed by atoms with van der Waals surface area (Å²) < 4.78 is 15.7. The number of Topliss-reactive ketones (excluding diaryl/α,β-unsaturated/α-hetero) is 1. The highest BCUT2D eigenvalue weighted by Gasteiger charge is 2.49. The first-order chi connectivity index (χ1) is 12.7. The van der Waals surface area contributed by atoms with Crippen LogP contribution in [0.1, 0.15) is 48.6 Å². The summed E-state index contributed by atoms with van der Waals surface area (Å²) in [6, 6.07) is 6.17.